The molecule has 1 aromatic rings. The first-order valence-corrected chi connectivity index (χ1v) is 9.19. The molecule has 1 saturated heterocycles. The molecule has 0 bridgehead atoms. The molecule has 5 nitrogen and oxygen atoms in total. The minimum Gasteiger partial charge on any atom is -0.371 e. The van der Waals surface area contributed by atoms with Gasteiger partial charge in [-0.05, 0) is 37.1 Å². The Morgan fingerprint density at radius 2 is 2.23 bits per heavy atom. The molecule has 1 N–H and O–H groups in total. The second-order valence-corrected chi connectivity index (χ2v) is 7.12. The summed E-state index contributed by atoms with van der Waals surface area (Å²) < 4.78 is 45.9. The predicted octanol–water partition coefficient (Wildman–Crippen LogP) is 1.86. The van der Waals surface area contributed by atoms with Crippen molar-refractivity contribution in [2.45, 2.75) is 18.9 Å². The molecule has 1 heterocycles. The van der Waals surface area contributed by atoms with Crippen molar-refractivity contribution >= 4 is 10.1 Å². The molecule has 0 radical (unpaired) electrons. The highest BCUT2D eigenvalue weighted by Gasteiger charge is 2.26. The molecule has 0 spiro atoms. The van der Waals surface area contributed by atoms with Crippen molar-refractivity contribution in [3.05, 3.63) is 35.6 Å². The Bertz CT molecular complexity index is 573. The van der Waals surface area contributed by atoms with Crippen LogP contribution >= 0.6 is 0 Å². The summed E-state index contributed by atoms with van der Waals surface area (Å²) in [5, 5.41) is 3.31. The number of hydrogen-bond acceptors (Lipinski definition) is 5. The van der Waals surface area contributed by atoms with Crippen LogP contribution in [0.2, 0.25) is 0 Å². The maximum absolute atomic E-state index is 13.5. The maximum Gasteiger partial charge on any atom is 0.264 e. The second-order valence-electron chi connectivity index (χ2n) is 5.48. The van der Waals surface area contributed by atoms with Gasteiger partial charge in [-0.25, -0.2) is 4.39 Å². The molecule has 22 heavy (non-hydrogen) atoms. The van der Waals surface area contributed by atoms with Crippen LogP contribution in [0.15, 0.2) is 24.3 Å². The highest BCUT2D eigenvalue weighted by Crippen LogP contribution is 2.31. The molecule has 0 amide bonds. The SMILES string of the molecule is CS(=O)(=O)OCCO[C@@H](c1cccc(F)c1)[C@@H]1CCCNC1. The van der Waals surface area contributed by atoms with Gasteiger partial charge in [0.1, 0.15) is 5.82 Å². The first-order chi connectivity index (χ1) is 10.5. The van der Waals surface area contributed by atoms with Crippen LogP contribution in [0.5, 0.6) is 0 Å². The van der Waals surface area contributed by atoms with Gasteiger partial charge in [-0.2, -0.15) is 8.42 Å². The zero-order chi connectivity index (χ0) is 16.0. The Morgan fingerprint density at radius 3 is 2.86 bits per heavy atom. The summed E-state index contributed by atoms with van der Waals surface area (Å²) in [6, 6.07) is 6.35. The number of piperidine rings is 1. The fourth-order valence-electron chi connectivity index (χ4n) is 2.69. The maximum atomic E-state index is 13.5. The zero-order valence-corrected chi connectivity index (χ0v) is 13.4. The Kier molecular flexibility index (Phi) is 6.31. The van der Waals surface area contributed by atoms with E-state index in [-0.39, 0.29) is 31.1 Å². The highest BCUT2D eigenvalue weighted by molar-refractivity contribution is 7.85. The molecule has 2 rings (SSSR count). The molecule has 0 saturated carbocycles. The van der Waals surface area contributed by atoms with E-state index in [1.807, 2.05) is 6.07 Å². The lowest BCUT2D eigenvalue weighted by molar-refractivity contribution is -0.00914. The fraction of sp³-hybridized carbons (Fsp3) is 0.600. The van der Waals surface area contributed by atoms with E-state index in [4.69, 9.17) is 4.74 Å². The molecule has 0 aliphatic carbocycles. The van der Waals surface area contributed by atoms with Crippen LogP contribution in [0, 0.1) is 11.7 Å². The Balaban J connectivity index is 2.01. The number of benzene rings is 1. The molecular formula is C15H22FNO4S. The van der Waals surface area contributed by atoms with Crippen LogP contribution < -0.4 is 5.32 Å². The number of rotatable bonds is 7. The summed E-state index contributed by atoms with van der Waals surface area (Å²) in [5.74, 6) is -0.0731. The second kappa shape index (κ2) is 8.01. The van der Waals surface area contributed by atoms with E-state index in [1.165, 1.54) is 12.1 Å². The van der Waals surface area contributed by atoms with Gasteiger partial charge >= 0.3 is 0 Å². The van der Waals surface area contributed by atoms with Crippen LogP contribution in [-0.2, 0) is 19.0 Å². The monoisotopic (exact) mass is 331 g/mol. The zero-order valence-electron chi connectivity index (χ0n) is 12.6. The van der Waals surface area contributed by atoms with E-state index < -0.39 is 10.1 Å². The van der Waals surface area contributed by atoms with Gasteiger partial charge in [-0.15, -0.1) is 0 Å². The van der Waals surface area contributed by atoms with Crippen molar-refractivity contribution in [2.24, 2.45) is 5.92 Å². The van der Waals surface area contributed by atoms with E-state index in [2.05, 4.69) is 9.50 Å². The largest absolute Gasteiger partial charge is 0.371 e. The van der Waals surface area contributed by atoms with E-state index in [1.54, 1.807) is 6.07 Å². The summed E-state index contributed by atoms with van der Waals surface area (Å²) in [6.45, 7) is 1.88. The van der Waals surface area contributed by atoms with E-state index in [0.29, 0.717) is 0 Å². The lowest BCUT2D eigenvalue weighted by Gasteiger charge is -2.31. The normalized spacial score (nSPS) is 20.7. The molecule has 2 atom stereocenters. The Morgan fingerprint density at radius 1 is 1.41 bits per heavy atom. The molecule has 124 valence electrons. The lowest BCUT2D eigenvalue weighted by atomic mass is 9.89. The first-order valence-electron chi connectivity index (χ1n) is 7.38. The summed E-state index contributed by atoms with van der Waals surface area (Å²) in [7, 11) is -3.47. The van der Waals surface area contributed by atoms with Gasteiger partial charge in [-0.1, -0.05) is 12.1 Å². The quantitative estimate of drug-likeness (QED) is 0.610. The summed E-state index contributed by atoms with van der Waals surface area (Å²) >= 11 is 0. The van der Waals surface area contributed by atoms with Crippen LogP contribution in [0.25, 0.3) is 0 Å². The molecule has 1 aromatic carbocycles. The van der Waals surface area contributed by atoms with Gasteiger partial charge in [0, 0.05) is 12.5 Å². The third-order valence-electron chi connectivity index (χ3n) is 3.62. The fourth-order valence-corrected chi connectivity index (χ4v) is 3.06. The van der Waals surface area contributed by atoms with Gasteiger partial charge in [0.2, 0.25) is 0 Å². The minimum atomic E-state index is -3.47. The summed E-state index contributed by atoms with van der Waals surface area (Å²) in [6.07, 6.45) is 2.76. The molecule has 1 fully saturated rings. The summed E-state index contributed by atoms with van der Waals surface area (Å²) in [4.78, 5) is 0. The van der Waals surface area contributed by atoms with Crippen molar-refractivity contribution in [3.63, 3.8) is 0 Å². The highest BCUT2D eigenvalue weighted by atomic mass is 32.2. The third-order valence-corrected chi connectivity index (χ3v) is 4.21. The summed E-state index contributed by atoms with van der Waals surface area (Å²) in [5.41, 5.74) is 0.771. The number of halogens is 1. The van der Waals surface area contributed by atoms with Gasteiger partial charge in [0.25, 0.3) is 10.1 Å². The molecule has 1 aliphatic rings. The van der Waals surface area contributed by atoms with Gasteiger partial charge in [-0.3, -0.25) is 4.18 Å². The predicted molar refractivity (Wildman–Crippen MR) is 81.5 cm³/mol. The van der Waals surface area contributed by atoms with Crippen molar-refractivity contribution < 1.29 is 21.7 Å². The van der Waals surface area contributed by atoms with E-state index >= 15 is 0 Å². The molecule has 1 aliphatic heterocycles. The molecular weight excluding hydrogens is 309 g/mol. The average Bonchev–Trinajstić information content (AvgIpc) is 2.47. The van der Waals surface area contributed by atoms with Crippen molar-refractivity contribution in [2.75, 3.05) is 32.6 Å². The van der Waals surface area contributed by atoms with Gasteiger partial charge in [0.05, 0.1) is 25.6 Å². The van der Waals surface area contributed by atoms with E-state index in [0.717, 1.165) is 37.8 Å². The van der Waals surface area contributed by atoms with Crippen LogP contribution in [0.3, 0.4) is 0 Å². The average molecular weight is 331 g/mol. The third kappa shape index (κ3) is 5.64. The lowest BCUT2D eigenvalue weighted by Crippen LogP contribution is -2.34. The molecule has 0 aromatic heterocycles. The number of ether oxygens (including phenoxy) is 1. The van der Waals surface area contributed by atoms with Crippen molar-refractivity contribution in [1.82, 2.24) is 5.32 Å². The molecule has 7 heteroatoms. The first kappa shape index (κ1) is 17.3. The standard InChI is InChI=1S/C15H22FNO4S/c1-22(18,19)21-9-8-20-15(13-5-3-7-17-11-13)12-4-2-6-14(16)10-12/h2,4,6,10,13,15,17H,3,5,7-9,11H2,1H3/t13-,15+/m1/s1. The Labute approximate surface area is 130 Å². The van der Waals surface area contributed by atoms with Crippen molar-refractivity contribution in [1.29, 1.82) is 0 Å². The van der Waals surface area contributed by atoms with Crippen LogP contribution in [0.4, 0.5) is 4.39 Å². The Hall–Kier alpha value is -1.02. The molecule has 0 unspecified atom stereocenters. The van der Waals surface area contributed by atoms with Gasteiger partial charge < -0.3 is 10.1 Å². The van der Waals surface area contributed by atoms with Crippen molar-refractivity contribution in [3.8, 4) is 0 Å². The number of nitrogens with one attached hydrogen (secondary N) is 1. The van der Waals surface area contributed by atoms with E-state index in [9.17, 15) is 12.8 Å². The van der Waals surface area contributed by atoms with Crippen LogP contribution in [-0.4, -0.2) is 41.0 Å². The topological polar surface area (TPSA) is 64.6 Å². The number of hydrogen-bond donors (Lipinski definition) is 1. The smallest absolute Gasteiger partial charge is 0.264 e. The van der Waals surface area contributed by atoms with Gasteiger partial charge in [0.15, 0.2) is 0 Å². The van der Waals surface area contributed by atoms with Crippen LogP contribution in [0.1, 0.15) is 24.5 Å². The minimum absolute atomic E-state index is 0.0369.